The first-order chi connectivity index (χ1) is 9.51. The molecule has 1 heterocycles. The number of hydrogen-bond donors (Lipinski definition) is 2. The van der Waals surface area contributed by atoms with Crippen molar-refractivity contribution in [2.45, 2.75) is 9.92 Å². The van der Waals surface area contributed by atoms with Crippen molar-refractivity contribution in [2.75, 3.05) is 5.43 Å². The van der Waals surface area contributed by atoms with Gasteiger partial charge in [0.25, 0.3) is 0 Å². The summed E-state index contributed by atoms with van der Waals surface area (Å²) in [6.07, 6.45) is 0.932. The standard InChI is InChI=1S/C10H7F2N5O2S/c11-5-1-2-6(12)8(3-5)20-9-7(17(18)19)4-14-10(15-9)16-13/h1-4H,13H2,(H,14,15,16). The van der Waals surface area contributed by atoms with Crippen molar-refractivity contribution in [3.8, 4) is 0 Å². The quantitative estimate of drug-likeness (QED) is 0.385. The first kappa shape index (κ1) is 14.1. The Labute approximate surface area is 115 Å². The summed E-state index contributed by atoms with van der Waals surface area (Å²) in [5, 5.41) is 10.7. The van der Waals surface area contributed by atoms with Gasteiger partial charge >= 0.3 is 5.69 Å². The lowest BCUT2D eigenvalue weighted by atomic mass is 10.3. The summed E-state index contributed by atoms with van der Waals surface area (Å²) in [5.74, 6) is 3.65. The number of anilines is 1. The molecule has 20 heavy (non-hydrogen) atoms. The van der Waals surface area contributed by atoms with Gasteiger partial charge in [0.05, 0.1) is 9.82 Å². The molecule has 0 amide bonds. The van der Waals surface area contributed by atoms with Gasteiger partial charge in [-0.2, -0.15) is 4.98 Å². The van der Waals surface area contributed by atoms with Crippen LogP contribution in [0.15, 0.2) is 34.3 Å². The Bertz CT molecular complexity index is 670. The molecule has 0 spiro atoms. The van der Waals surface area contributed by atoms with E-state index in [9.17, 15) is 18.9 Å². The molecule has 1 aromatic heterocycles. The highest BCUT2D eigenvalue weighted by molar-refractivity contribution is 7.99. The van der Waals surface area contributed by atoms with Gasteiger partial charge in [-0.05, 0) is 18.2 Å². The summed E-state index contributed by atoms with van der Waals surface area (Å²) in [5.41, 5.74) is 1.69. The third kappa shape index (κ3) is 2.97. The maximum absolute atomic E-state index is 13.5. The molecule has 0 saturated carbocycles. The molecule has 2 rings (SSSR count). The number of nitrogens with two attached hydrogens (primary N) is 1. The van der Waals surface area contributed by atoms with E-state index in [1.54, 1.807) is 0 Å². The number of rotatable bonds is 4. The maximum Gasteiger partial charge on any atom is 0.320 e. The van der Waals surface area contributed by atoms with Crippen molar-refractivity contribution < 1.29 is 13.7 Å². The van der Waals surface area contributed by atoms with E-state index in [4.69, 9.17) is 5.84 Å². The van der Waals surface area contributed by atoms with E-state index in [1.807, 2.05) is 0 Å². The van der Waals surface area contributed by atoms with Crippen LogP contribution in [0.5, 0.6) is 0 Å². The Kier molecular flexibility index (Phi) is 4.05. The first-order valence-electron chi connectivity index (χ1n) is 5.12. The summed E-state index contributed by atoms with van der Waals surface area (Å²) in [6.45, 7) is 0. The lowest BCUT2D eigenvalue weighted by Crippen LogP contribution is -2.11. The number of nitrogens with one attached hydrogen (secondary N) is 1. The highest BCUT2D eigenvalue weighted by Gasteiger charge is 2.20. The summed E-state index contributed by atoms with van der Waals surface area (Å²) in [4.78, 5) is 17.4. The van der Waals surface area contributed by atoms with Crippen LogP contribution in [-0.4, -0.2) is 14.9 Å². The van der Waals surface area contributed by atoms with E-state index in [-0.39, 0.29) is 15.9 Å². The van der Waals surface area contributed by atoms with Gasteiger partial charge < -0.3 is 0 Å². The Morgan fingerprint density at radius 2 is 2.15 bits per heavy atom. The molecule has 10 heteroatoms. The monoisotopic (exact) mass is 299 g/mol. The van der Waals surface area contributed by atoms with Gasteiger partial charge in [0.1, 0.15) is 17.8 Å². The minimum atomic E-state index is -0.722. The third-order valence-corrected chi connectivity index (χ3v) is 3.19. The SMILES string of the molecule is NNc1ncc([N+](=O)[O-])c(Sc2cc(F)ccc2F)n1. The average Bonchev–Trinajstić information content (AvgIpc) is 2.42. The maximum atomic E-state index is 13.5. The zero-order valence-electron chi connectivity index (χ0n) is 9.71. The number of nitrogen functional groups attached to an aromatic ring is 1. The van der Waals surface area contributed by atoms with Crippen LogP contribution in [0.1, 0.15) is 0 Å². The molecular weight excluding hydrogens is 292 g/mol. The number of nitrogens with zero attached hydrogens (tertiary/aromatic N) is 3. The molecule has 0 unspecified atom stereocenters. The van der Waals surface area contributed by atoms with E-state index in [2.05, 4.69) is 15.4 Å². The smallest absolute Gasteiger partial charge is 0.292 e. The summed E-state index contributed by atoms with van der Waals surface area (Å²) >= 11 is 0.610. The van der Waals surface area contributed by atoms with E-state index in [1.165, 1.54) is 0 Å². The van der Waals surface area contributed by atoms with Crippen molar-refractivity contribution in [2.24, 2.45) is 5.84 Å². The van der Waals surface area contributed by atoms with Gasteiger partial charge in [0.2, 0.25) is 5.95 Å². The molecule has 0 bridgehead atoms. The second kappa shape index (κ2) is 5.75. The Morgan fingerprint density at radius 3 is 2.80 bits per heavy atom. The number of nitro groups is 1. The fourth-order valence-electron chi connectivity index (χ4n) is 1.29. The van der Waals surface area contributed by atoms with E-state index in [0.29, 0.717) is 11.8 Å². The van der Waals surface area contributed by atoms with Crippen molar-refractivity contribution in [1.29, 1.82) is 0 Å². The fraction of sp³-hybridized carbons (Fsp3) is 0. The molecule has 7 nitrogen and oxygen atoms in total. The molecular formula is C10H7F2N5O2S. The second-order valence-electron chi connectivity index (χ2n) is 3.46. The Morgan fingerprint density at radius 1 is 1.40 bits per heavy atom. The fourth-order valence-corrected chi connectivity index (χ4v) is 2.20. The number of aromatic nitrogens is 2. The van der Waals surface area contributed by atoms with E-state index >= 15 is 0 Å². The molecule has 104 valence electrons. The lowest BCUT2D eigenvalue weighted by Gasteiger charge is -2.05. The molecule has 0 fully saturated rings. The van der Waals surface area contributed by atoms with E-state index in [0.717, 1.165) is 24.4 Å². The van der Waals surface area contributed by atoms with Crippen molar-refractivity contribution in [3.63, 3.8) is 0 Å². The molecule has 1 aromatic carbocycles. The molecule has 0 radical (unpaired) electrons. The predicted octanol–water partition coefficient (Wildman–Crippen LogP) is 2.10. The van der Waals surface area contributed by atoms with Crippen LogP contribution in [0.25, 0.3) is 0 Å². The third-order valence-electron chi connectivity index (χ3n) is 2.16. The molecule has 0 aliphatic heterocycles. The largest absolute Gasteiger partial charge is 0.320 e. The highest BCUT2D eigenvalue weighted by atomic mass is 32.2. The molecule has 0 saturated heterocycles. The van der Waals surface area contributed by atoms with Gasteiger partial charge in [0.15, 0.2) is 5.03 Å². The van der Waals surface area contributed by atoms with Gasteiger partial charge in [-0.3, -0.25) is 15.5 Å². The summed E-state index contributed by atoms with van der Waals surface area (Å²) < 4.78 is 26.6. The second-order valence-corrected chi connectivity index (χ2v) is 4.49. The van der Waals surface area contributed by atoms with Gasteiger partial charge in [0, 0.05) is 0 Å². The van der Waals surface area contributed by atoms with Gasteiger partial charge in [-0.15, -0.1) is 0 Å². The van der Waals surface area contributed by atoms with Crippen LogP contribution in [-0.2, 0) is 0 Å². The van der Waals surface area contributed by atoms with Crippen LogP contribution in [0.2, 0.25) is 0 Å². The normalized spacial score (nSPS) is 10.3. The predicted molar refractivity (Wildman–Crippen MR) is 67.0 cm³/mol. The van der Waals surface area contributed by atoms with Crippen molar-refractivity contribution in [3.05, 3.63) is 46.1 Å². The summed E-state index contributed by atoms with van der Waals surface area (Å²) in [6, 6.07) is 2.79. The van der Waals surface area contributed by atoms with Crippen molar-refractivity contribution >= 4 is 23.4 Å². The van der Waals surface area contributed by atoms with Gasteiger partial charge in [-0.25, -0.2) is 19.6 Å². The number of hydrogen-bond acceptors (Lipinski definition) is 7. The molecule has 0 atom stereocenters. The highest BCUT2D eigenvalue weighted by Crippen LogP contribution is 2.34. The molecule has 0 aliphatic rings. The van der Waals surface area contributed by atoms with Crippen LogP contribution in [0.4, 0.5) is 20.4 Å². The zero-order chi connectivity index (χ0) is 14.7. The minimum Gasteiger partial charge on any atom is -0.292 e. The number of halogens is 2. The van der Waals surface area contributed by atoms with Crippen molar-refractivity contribution in [1.82, 2.24) is 9.97 Å². The Balaban J connectivity index is 2.45. The van der Waals surface area contributed by atoms with E-state index < -0.39 is 22.2 Å². The minimum absolute atomic E-state index is 0.0742. The molecule has 3 N–H and O–H groups in total. The molecule has 0 aliphatic carbocycles. The topological polar surface area (TPSA) is 107 Å². The van der Waals surface area contributed by atoms with Crippen LogP contribution >= 0.6 is 11.8 Å². The Hall–Kier alpha value is -2.33. The zero-order valence-corrected chi connectivity index (χ0v) is 10.5. The van der Waals surface area contributed by atoms with Crippen LogP contribution in [0.3, 0.4) is 0 Å². The van der Waals surface area contributed by atoms with Crippen LogP contribution in [0, 0.1) is 21.7 Å². The van der Waals surface area contributed by atoms with Gasteiger partial charge in [-0.1, -0.05) is 11.8 Å². The van der Waals surface area contributed by atoms with Crippen LogP contribution < -0.4 is 11.3 Å². The first-order valence-corrected chi connectivity index (χ1v) is 5.94. The number of hydrazine groups is 1. The average molecular weight is 299 g/mol. The summed E-state index contributed by atoms with van der Waals surface area (Å²) in [7, 11) is 0. The molecule has 2 aromatic rings. The lowest BCUT2D eigenvalue weighted by molar-refractivity contribution is -0.388. The number of benzene rings is 1.